The van der Waals surface area contributed by atoms with Crippen LogP contribution in [0.25, 0.3) is 11.1 Å². The van der Waals surface area contributed by atoms with Crippen LogP contribution in [0, 0.1) is 6.92 Å². The van der Waals surface area contributed by atoms with Crippen LogP contribution in [-0.2, 0) is 17.3 Å². The van der Waals surface area contributed by atoms with E-state index in [-0.39, 0.29) is 18.6 Å². The Hall–Kier alpha value is -3.70. The number of nitrogens with two attached hydrogens (primary N) is 1. The highest BCUT2D eigenvalue weighted by molar-refractivity contribution is 6.05. The van der Waals surface area contributed by atoms with Crippen LogP contribution in [0.2, 0.25) is 0 Å². The molecule has 1 aromatic heterocycles. The van der Waals surface area contributed by atoms with Gasteiger partial charge in [0.15, 0.2) is 5.67 Å². The van der Waals surface area contributed by atoms with Gasteiger partial charge in [-0.3, -0.25) is 4.79 Å². The Morgan fingerprint density at radius 3 is 2.76 bits per heavy atom. The Balaban J connectivity index is 1.46. The number of hydrogen-bond donors (Lipinski definition) is 3. The Bertz CT molecular complexity index is 1400. The minimum Gasteiger partial charge on any atom is -0.393 e. The van der Waals surface area contributed by atoms with Gasteiger partial charge in [0.1, 0.15) is 11.5 Å². The Morgan fingerprint density at radius 1 is 1.24 bits per heavy atom. The average molecular weight is 531 g/mol. The number of hydrogen-bond acceptors (Lipinski definition) is 6. The number of amides is 1. The molecule has 2 aromatic carbocycles. The van der Waals surface area contributed by atoms with Crippen LogP contribution < -0.4 is 16.0 Å². The first-order valence-corrected chi connectivity index (χ1v) is 12.0. The van der Waals surface area contributed by atoms with Crippen molar-refractivity contribution in [3.05, 3.63) is 70.9 Å². The topological polar surface area (TPSA) is 101 Å². The molecule has 0 saturated carbocycles. The molecular weight excluding hydrogens is 504 g/mol. The van der Waals surface area contributed by atoms with Gasteiger partial charge in [-0.15, -0.1) is 0 Å². The minimum absolute atomic E-state index is 0.0632. The summed E-state index contributed by atoms with van der Waals surface area (Å²) in [5.74, 6) is -1.17. The van der Waals surface area contributed by atoms with Gasteiger partial charge in [-0.25, -0.2) is 9.37 Å². The summed E-state index contributed by atoms with van der Waals surface area (Å²) in [6, 6.07) is 12.0. The molecule has 5 rings (SSSR count). The summed E-state index contributed by atoms with van der Waals surface area (Å²) in [7, 11) is 0. The predicted molar refractivity (Wildman–Crippen MR) is 135 cm³/mol. The number of nitrogens with one attached hydrogen (secondary N) is 1. The van der Waals surface area contributed by atoms with E-state index in [0.717, 1.165) is 34.0 Å². The van der Waals surface area contributed by atoms with E-state index < -0.39 is 41.9 Å². The fourth-order valence-electron chi connectivity index (χ4n) is 5.11. The average Bonchev–Trinajstić information content (AvgIpc) is 2.89. The highest BCUT2D eigenvalue weighted by atomic mass is 19.4. The van der Waals surface area contributed by atoms with Crippen LogP contribution in [0.4, 0.5) is 34.8 Å². The second kappa shape index (κ2) is 9.55. The van der Waals surface area contributed by atoms with E-state index in [9.17, 15) is 23.1 Å². The lowest BCUT2D eigenvalue weighted by molar-refractivity contribution is -0.141. The quantitative estimate of drug-likeness (QED) is 0.433. The number of aromatic nitrogens is 1. The molecule has 0 radical (unpaired) electrons. The summed E-state index contributed by atoms with van der Waals surface area (Å²) in [5.41, 5.74) is 6.71. The maximum absolute atomic E-state index is 15.5. The lowest BCUT2D eigenvalue weighted by Crippen LogP contribution is -2.62. The number of alkyl halides is 4. The highest BCUT2D eigenvalue weighted by Gasteiger charge is 2.48. The van der Waals surface area contributed by atoms with Gasteiger partial charge in [0.25, 0.3) is 5.91 Å². The molecule has 2 aliphatic rings. The van der Waals surface area contributed by atoms with Crippen LogP contribution in [-0.4, -0.2) is 54.1 Å². The molecule has 3 aromatic rings. The summed E-state index contributed by atoms with van der Waals surface area (Å²) < 4.78 is 60.4. The fraction of sp³-hybridized carbons (Fsp3) is 0.333. The number of aliphatic hydroxyl groups is 1. The monoisotopic (exact) mass is 530 g/mol. The number of benzene rings is 2. The molecule has 38 heavy (non-hydrogen) atoms. The van der Waals surface area contributed by atoms with Gasteiger partial charge < -0.3 is 25.8 Å². The van der Waals surface area contributed by atoms with Gasteiger partial charge >= 0.3 is 6.18 Å². The minimum atomic E-state index is -4.74. The lowest BCUT2D eigenvalue weighted by atomic mass is 9.82. The summed E-state index contributed by atoms with van der Waals surface area (Å²) in [4.78, 5) is 18.0. The molecule has 2 aliphatic heterocycles. The molecule has 2 atom stereocenters. The van der Waals surface area contributed by atoms with Crippen molar-refractivity contribution >= 4 is 23.1 Å². The number of carbonyl (C=O) groups excluding carboxylic acids is 1. The van der Waals surface area contributed by atoms with E-state index in [0.29, 0.717) is 24.9 Å². The van der Waals surface area contributed by atoms with Crippen LogP contribution in [0.15, 0.2) is 48.5 Å². The van der Waals surface area contributed by atoms with E-state index in [1.165, 1.54) is 0 Å². The molecule has 7 nitrogen and oxygen atoms in total. The highest BCUT2D eigenvalue weighted by Crippen LogP contribution is 2.42. The number of fused-ring (bicyclic) bond motifs is 3. The number of ether oxygens (including phenoxy) is 1. The number of anilines is 3. The van der Waals surface area contributed by atoms with E-state index in [1.54, 1.807) is 18.2 Å². The number of carbonyl (C=O) groups is 1. The third kappa shape index (κ3) is 4.79. The number of morpholine rings is 1. The number of rotatable bonds is 4. The van der Waals surface area contributed by atoms with E-state index in [4.69, 9.17) is 10.5 Å². The van der Waals surface area contributed by atoms with Gasteiger partial charge in [-0.2, -0.15) is 13.2 Å². The first kappa shape index (κ1) is 25.9. The zero-order valence-electron chi connectivity index (χ0n) is 20.5. The van der Waals surface area contributed by atoms with Crippen molar-refractivity contribution in [2.45, 2.75) is 31.2 Å². The second-order valence-electron chi connectivity index (χ2n) is 9.64. The molecule has 4 N–H and O–H groups in total. The van der Waals surface area contributed by atoms with Gasteiger partial charge in [0, 0.05) is 29.9 Å². The Labute approximate surface area is 216 Å². The fourth-order valence-corrected chi connectivity index (χ4v) is 5.11. The third-order valence-corrected chi connectivity index (χ3v) is 7.07. The van der Waals surface area contributed by atoms with Crippen LogP contribution in [0.3, 0.4) is 0 Å². The van der Waals surface area contributed by atoms with Crippen molar-refractivity contribution in [3.8, 4) is 11.1 Å². The normalized spacial score (nSPS) is 21.0. The summed E-state index contributed by atoms with van der Waals surface area (Å²) in [5, 5.41) is 12.4. The van der Waals surface area contributed by atoms with Crippen molar-refractivity contribution in [3.63, 3.8) is 0 Å². The van der Waals surface area contributed by atoms with Gasteiger partial charge in [-0.1, -0.05) is 18.2 Å². The first-order chi connectivity index (χ1) is 18.0. The van der Waals surface area contributed by atoms with E-state index in [1.807, 2.05) is 30.0 Å². The molecule has 3 heterocycles. The maximum atomic E-state index is 15.5. The smallest absolute Gasteiger partial charge is 0.393 e. The molecule has 0 bridgehead atoms. The molecule has 1 saturated heterocycles. The number of nitrogen functional groups attached to an aromatic ring is 1. The van der Waals surface area contributed by atoms with Crippen LogP contribution >= 0.6 is 0 Å². The molecule has 0 spiro atoms. The van der Waals surface area contributed by atoms with Gasteiger partial charge in [-0.05, 0) is 59.5 Å². The van der Waals surface area contributed by atoms with Crippen molar-refractivity contribution in [1.82, 2.24) is 4.98 Å². The Kier molecular flexibility index (Phi) is 6.52. The Morgan fingerprint density at radius 2 is 2.03 bits per heavy atom. The lowest BCUT2D eigenvalue weighted by Gasteiger charge is -2.48. The molecule has 1 fully saturated rings. The largest absolute Gasteiger partial charge is 0.433 e. The maximum Gasteiger partial charge on any atom is 0.433 e. The van der Waals surface area contributed by atoms with Crippen molar-refractivity contribution in [2.24, 2.45) is 0 Å². The second-order valence-corrected chi connectivity index (χ2v) is 9.64. The summed E-state index contributed by atoms with van der Waals surface area (Å²) >= 11 is 0. The van der Waals surface area contributed by atoms with Crippen LogP contribution in [0.5, 0.6) is 0 Å². The number of pyridine rings is 1. The van der Waals surface area contributed by atoms with Crippen LogP contribution in [0.1, 0.15) is 27.2 Å². The van der Waals surface area contributed by atoms with Crippen molar-refractivity contribution < 1.29 is 32.2 Å². The van der Waals surface area contributed by atoms with E-state index >= 15 is 4.39 Å². The molecular formula is C27H26F4N4O3. The molecule has 200 valence electrons. The first-order valence-electron chi connectivity index (χ1n) is 12.0. The number of aliphatic hydroxyl groups excluding tert-OH is 1. The number of aryl methyl sites for hydroxylation is 1. The SMILES string of the molecule is Cc1ccc(NC(=O)c2cc(N)nc(C(F)(F)F)c2)cc1-c1ccc2c(c1)N1CCOC[C@H]1[C@](F)(CO)C2. The zero-order chi connectivity index (χ0) is 27.2. The zero-order valence-corrected chi connectivity index (χ0v) is 20.5. The molecule has 1 amide bonds. The summed E-state index contributed by atoms with van der Waals surface area (Å²) in [6.45, 7) is 2.40. The van der Waals surface area contributed by atoms with E-state index in [2.05, 4.69) is 10.3 Å². The number of halogens is 4. The van der Waals surface area contributed by atoms with Gasteiger partial charge in [0.05, 0.1) is 25.9 Å². The van der Waals surface area contributed by atoms with Crippen molar-refractivity contribution in [1.29, 1.82) is 0 Å². The van der Waals surface area contributed by atoms with Crippen molar-refractivity contribution in [2.75, 3.05) is 42.3 Å². The number of nitrogens with zero attached hydrogens (tertiary/aromatic N) is 2. The predicted octanol–water partition coefficient (Wildman–Crippen LogP) is 4.37. The standard InChI is InChI=1S/C27H26F4N4O3/c1-15-2-5-19(33-25(37)18-9-22(27(29,30)31)34-24(32)10-18)11-20(15)16-3-4-17-12-26(28,14-36)23-13-38-7-6-35(23)21(17)8-16/h2-5,8-11,23,36H,6-7,12-14H2,1H3,(H2,32,34)(H,33,37)/t23-,26+/m0/s1. The molecule has 0 unspecified atom stereocenters. The third-order valence-electron chi connectivity index (χ3n) is 7.07. The van der Waals surface area contributed by atoms with Gasteiger partial charge in [0.2, 0.25) is 0 Å². The molecule has 0 aliphatic carbocycles. The summed E-state index contributed by atoms with van der Waals surface area (Å²) in [6.07, 6.45) is -4.68. The molecule has 11 heteroatoms.